The third-order valence-corrected chi connectivity index (χ3v) is 5.60. The van der Waals surface area contributed by atoms with Crippen LogP contribution in [-0.4, -0.2) is 40.6 Å². The number of fused-ring (bicyclic) bond motifs is 1. The van der Waals surface area contributed by atoms with E-state index in [0.29, 0.717) is 30.3 Å². The molecule has 2 N–H and O–H groups in total. The average Bonchev–Trinajstić information content (AvgIpc) is 3.23. The van der Waals surface area contributed by atoms with Crippen molar-refractivity contribution in [1.29, 1.82) is 0 Å². The van der Waals surface area contributed by atoms with Gasteiger partial charge in [-0.05, 0) is 43.2 Å². The number of likely N-dealkylation sites (tertiary alicyclic amines) is 1. The van der Waals surface area contributed by atoms with Crippen molar-refractivity contribution in [2.24, 2.45) is 11.1 Å². The summed E-state index contributed by atoms with van der Waals surface area (Å²) in [4.78, 5) is 19.9. The summed E-state index contributed by atoms with van der Waals surface area (Å²) in [5.41, 5.74) is 8.88. The van der Waals surface area contributed by atoms with Crippen LogP contribution in [0, 0.1) is 5.41 Å². The quantitative estimate of drug-likeness (QED) is 0.880. The number of halogens is 1. The van der Waals surface area contributed by atoms with Gasteiger partial charge >= 0.3 is 0 Å². The summed E-state index contributed by atoms with van der Waals surface area (Å²) in [5.74, 6) is 0.683. The molecule has 6 nitrogen and oxygen atoms in total. The molecule has 1 saturated carbocycles. The summed E-state index contributed by atoms with van der Waals surface area (Å²) in [7, 11) is 0. The molecule has 2 aromatic rings. The molecular formula is C19H27ClN4O2. The van der Waals surface area contributed by atoms with E-state index in [2.05, 4.69) is 30.9 Å². The zero-order chi connectivity index (χ0) is 17.8. The highest BCUT2D eigenvalue weighted by Gasteiger charge is 2.37. The smallest absolute Gasteiger partial charge is 0.259 e. The normalized spacial score (nSPS) is 22.9. The molecule has 2 aromatic heterocycles. The zero-order valence-electron chi connectivity index (χ0n) is 15.6. The van der Waals surface area contributed by atoms with Gasteiger partial charge in [-0.2, -0.15) is 0 Å². The second kappa shape index (κ2) is 6.82. The standard InChI is InChI=1S/C19H26N4O2.ClH/c1-11(2)16-15-13(18(24)23-7-6-19(3,9-20)10-23)8-14(12-4-5-12)21-17(15)25-22-16;/h8,11-12H,4-7,9-10,20H2,1-3H3;1H. The van der Waals surface area contributed by atoms with Crippen LogP contribution in [0.5, 0.6) is 0 Å². The Morgan fingerprint density at radius 2 is 2.19 bits per heavy atom. The van der Waals surface area contributed by atoms with E-state index in [1.807, 2.05) is 11.0 Å². The Morgan fingerprint density at radius 3 is 2.77 bits per heavy atom. The first-order valence-corrected chi connectivity index (χ1v) is 9.21. The van der Waals surface area contributed by atoms with E-state index >= 15 is 0 Å². The van der Waals surface area contributed by atoms with Crippen molar-refractivity contribution in [3.63, 3.8) is 0 Å². The van der Waals surface area contributed by atoms with Gasteiger partial charge in [-0.25, -0.2) is 4.98 Å². The van der Waals surface area contributed by atoms with Crippen LogP contribution >= 0.6 is 12.4 Å². The minimum absolute atomic E-state index is 0. The molecule has 1 unspecified atom stereocenters. The molecule has 1 amide bonds. The summed E-state index contributed by atoms with van der Waals surface area (Å²) < 4.78 is 5.49. The number of carbonyl (C=O) groups is 1. The van der Waals surface area contributed by atoms with Crippen LogP contribution in [0.25, 0.3) is 11.1 Å². The van der Waals surface area contributed by atoms with Crippen molar-refractivity contribution in [2.75, 3.05) is 19.6 Å². The zero-order valence-corrected chi connectivity index (χ0v) is 16.4. The number of carbonyl (C=O) groups excluding carboxylic acids is 1. The van der Waals surface area contributed by atoms with Crippen molar-refractivity contribution < 1.29 is 9.32 Å². The van der Waals surface area contributed by atoms with Gasteiger partial charge in [0.15, 0.2) is 0 Å². The van der Waals surface area contributed by atoms with Crippen molar-refractivity contribution in [2.45, 2.75) is 51.9 Å². The lowest BCUT2D eigenvalue weighted by Gasteiger charge is -2.23. The molecule has 1 saturated heterocycles. The van der Waals surface area contributed by atoms with E-state index < -0.39 is 0 Å². The first-order valence-electron chi connectivity index (χ1n) is 9.21. The Balaban J connectivity index is 0.00000196. The highest BCUT2D eigenvalue weighted by Crippen LogP contribution is 2.41. The molecule has 0 bridgehead atoms. The van der Waals surface area contributed by atoms with Gasteiger partial charge in [0.25, 0.3) is 11.6 Å². The van der Waals surface area contributed by atoms with E-state index in [9.17, 15) is 4.79 Å². The largest absolute Gasteiger partial charge is 0.338 e. The molecule has 0 spiro atoms. The molecule has 0 radical (unpaired) electrons. The molecule has 1 aliphatic heterocycles. The number of nitrogens with two attached hydrogens (primary N) is 1. The molecule has 3 heterocycles. The highest BCUT2D eigenvalue weighted by atomic mass is 35.5. The maximum absolute atomic E-state index is 13.3. The fraction of sp³-hybridized carbons (Fsp3) is 0.632. The number of hydrogen-bond acceptors (Lipinski definition) is 5. The Kier molecular flexibility index (Phi) is 5.01. The van der Waals surface area contributed by atoms with Gasteiger partial charge in [-0.3, -0.25) is 4.79 Å². The number of nitrogens with zero attached hydrogens (tertiary/aromatic N) is 3. The fourth-order valence-electron chi connectivity index (χ4n) is 3.68. The van der Waals surface area contributed by atoms with E-state index in [1.165, 1.54) is 0 Å². The molecule has 142 valence electrons. The summed E-state index contributed by atoms with van der Waals surface area (Å²) >= 11 is 0. The SMILES string of the molecule is CC(C)c1noc2nc(C3CC3)cc(C(=O)N3CCC(C)(CN)C3)c12.Cl. The van der Waals surface area contributed by atoms with Crippen LogP contribution in [-0.2, 0) is 0 Å². The predicted octanol–water partition coefficient (Wildman–Crippen LogP) is 3.46. The summed E-state index contributed by atoms with van der Waals surface area (Å²) in [5, 5.41) is 4.98. The number of rotatable bonds is 4. The van der Waals surface area contributed by atoms with E-state index in [4.69, 9.17) is 10.3 Å². The minimum Gasteiger partial charge on any atom is -0.338 e. The Labute approximate surface area is 159 Å². The second-order valence-corrected chi connectivity index (χ2v) is 8.26. The van der Waals surface area contributed by atoms with E-state index in [1.54, 1.807) is 0 Å². The van der Waals surface area contributed by atoms with Gasteiger partial charge in [0.2, 0.25) is 0 Å². The average molecular weight is 379 g/mol. The summed E-state index contributed by atoms with van der Waals surface area (Å²) in [6.07, 6.45) is 3.21. The number of hydrogen-bond donors (Lipinski definition) is 1. The van der Waals surface area contributed by atoms with Gasteiger partial charge in [0.1, 0.15) is 0 Å². The lowest BCUT2D eigenvalue weighted by atomic mass is 9.90. The second-order valence-electron chi connectivity index (χ2n) is 8.26. The topological polar surface area (TPSA) is 85.2 Å². The van der Waals surface area contributed by atoms with Crippen molar-refractivity contribution in [3.05, 3.63) is 23.0 Å². The van der Waals surface area contributed by atoms with Crippen LogP contribution in [0.15, 0.2) is 10.6 Å². The van der Waals surface area contributed by atoms with Gasteiger partial charge < -0.3 is 15.2 Å². The molecule has 4 rings (SSSR count). The number of aromatic nitrogens is 2. The fourth-order valence-corrected chi connectivity index (χ4v) is 3.68. The van der Waals surface area contributed by atoms with Gasteiger partial charge in [0, 0.05) is 24.7 Å². The first kappa shape index (κ1) is 19.1. The molecule has 7 heteroatoms. The van der Waals surface area contributed by atoms with Crippen LogP contribution in [0.3, 0.4) is 0 Å². The molecule has 1 atom stereocenters. The Bertz CT molecular complexity index is 830. The highest BCUT2D eigenvalue weighted by molar-refractivity contribution is 6.06. The lowest BCUT2D eigenvalue weighted by molar-refractivity contribution is 0.0778. The molecular weight excluding hydrogens is 352 g/mol. The Morgan fingerprint density at radius 1 is 1.46 bits per heavy atom. The molecule has 1 aliphatic carbocycles. The lowest BCUT2D eigenvalue weighted by Crippen LogP contribution is -2.34. The Hall–Kier alpha value is -1.66. The number of amides is 1. The summed E-state index contributed by atoms with van der Waals surface area (Å²) in [6.45, 7) is 8.31. The van der Waals surface area contributed by atoms with E-state index in [0.717, 1.165) is 42.6 Å². The van der Waals surface area contributed by atoms with Gasteiger partial charge in [0.05, 0.1) is 16.6 Å². The van der Waals surface area contributed by atoms with Crippen LogP contribution in [0.2, 0.25) is 0 Å². The van der Waals surface area contributed by atoms with Crippen molar-refractivity contribution in [3.8, 4) is 0 Å². The van der Waals surface area contributed by atoms with Gasteiger partial charge in [-0.1, -0.05) is 25.9 Å². The molecule has 0 aromatic carbocycles. The minimum atomic E-state index is 0. The number of pyridine rings is 1. The third kappa shape index (κ3) is 3.21. The molecule has 2 aliphatic rings. The monoisotopic (exact) mass is 378 g/mol. The molecule has 26 heavy (non-hydrogen) atoms. The van der Waals surface area contributed by atoms with Crippen LogP contribution < -0.4 is 5.73 Å². The maximum atomic E-state index is 13.3. The summed E-state index contributed by atoms with van der Waals surface area (Å²) in [6, 6.07) is 1.98. The van der Waals surface area contributed by atoms with Crippen LogP contribution in [0.4, 0.5) is 0 Å². The predicted molar refractivity (Wildman–Crippen MR) is 103 cm³/mol. The van der Waals surface area contributed by atoms with Gasteiger partial charge in [-0.15, -0.1) is 12.4 Å². The van der Waals surface area contributed by atoms with Crippen LogP contribution in [0.1, 0.15) is 73.6 Å². The third-order valence-electron chi connectivity index (χ3n) is 5.60. The first-order chi connectivity index (χ1) is 11.9. The van der Waals surface area contributed by atoms with Crippen molar-refractivity contribution >= 4 is 29.4 Å². The van der Waals surface area contributed by atoms with E-state index in [-0.39, 0.29) is 29.6 Å². The molecule has 2 fully saturated rings. The maximum Gasteiger partial charge on any atom is 0.259 e. The van der Waals surface area contributed by atoms with Crippen molar-refractivity contribution in [1.82, 2.24) is 15.0 Å².